The van der Waals surface area contributed by atoms with Gasteiger partial charge in [0.05, 0.1) is 10.6 Å². The van der Waals surface area contributed by atoms with Gasteiger partial charge in [-0.3, -0.25) is 20.2 Å². The highest BCUT2D eigenvalue weighted by Crippen LogP contribution is 2.18. The van der Waals surface area contributed by atoms with E-state index in [1.165, 1.54) is 29.3 Å². The number of hydrogen-bond acceptors (Lipinski definition) is 7. The molecule has 3 aromatic rings. The third-order valence-corrected chi connectivity index (χ3v) is 4.47. The van der Waals surface area contributed by atoms with Gasteiger partial charge in [0.2, 0.25) is 11.9 Å². The van der Waals surface area contributed by atoms with Crippen molar-refractivity contribution >= 4 is 23.5 Å². The van der Waals surface area contributed by atoms with Crippen molar-refractivity contribution in [3.63, 3.8) is 0 Å². The van der Waals surface area contributed by atoms with Crippen molar-refractivity contribution in [3.8, 4) is 5.69 Å². The van der Waals surface area contributed by atoms with Crippen LogP contribution in [0.4, 0.5) is 17.6 Å². The molecule has 2 N–H and O–H groups in total. The summed E-state index contributed by atoms with van der Waals surface area (Å²) >= 11 is 0. The number of benzene rings is 1. The van der Waals surface area contributed by atoms with E-state index in [-0.39, 0.29) is 17.3 Å². The molecule has 1 amide bonds. The van der Waals surface area contributed by atoms with E-state index in [9.17, 15) is 14.9 Å². The maximum absolute atomic E-state index is 12.4. The number of piperidine rings is 1. The molecule has 1 aliphatic heterocycles. The molecule has 11 heteroatoms. The predicted octanol–water partition coefficient (Wildman–Crippen LogP) is 2.14. The van der Waals surface area contributed by atoms with Crippen LogP contribution in [0.5, 0.6) is 0 Å². The van der Waals surface area contributed by atoms with Crippen LogP contribution in [-0.4, -0.2) is 48.9 Å². The van der Waals surface area contributed by atoms with E-state index < -0.39 is 10.8 Å². The van der Waals surface area contributed by atoms with Crippen molar-refractivity contribution in [1.82, 2.24) is 25.0 Å². The highest BCUT2D eigenvalue weighted by atomic mass is 16.6. The molecule has 1 saturated heterocycles. The lowest BCUT2D eigenvalue weighted by Crippen LogP contribution is -2.30. The molecular formula is C17H18N8O3. The molecule has 1 fully saturated rings. The molecule has 2 aromatic heterocycles. The SMILES string of the molecule is O=C(Nc1nc(N2CCCCC2)n[nH]1)c1ccn(-c2cccc([N+](=O)[O-])c2)n1. The first-order valence-corrected chi connectivity index (χ1v) is 8.89. The van der Waals surface area contributed by atoms with Crippen LogP contribution in [0.25, 0.3) is 5.69 Å². The highest BCUT2D eigenvalue weighted by molar-refractivity contribution is 6.01. The number of amides is 1. The molecule has 4 rings (SSSR count). The molecule has 0 atom stereocenters. The lowest BCUT2D eigenvalue weighted by Gasteiger charge is -2.24. The maximum Gasteiger partial charge on any atom is 0.278 e. The lowest BCUT2D eigenvalue weighted by molar-refractivity contribution is -0.384. The summed E-state index contributed by atoms with van der Waals surface area (Å²) in [4.78, 5) is 29.2. The normalized spacial score (nSPS) is 14.1. The van der Waals surface area contributed by atoms with Crippen LogP contribution < -0.4 is 10.2 Å². The zero-order valence-electron chi connectivity index (χ0n) is 14.9. The summed E-state index contributed by atoms with van der Waals surface area (Å²) in [6.45, 7) is 1.80. The fourth-order valence-electron chi connectivity index (χ4n) is 3.05. The Kier molecular flexibility index (Phi) is 4.70. The first-order chi connectivity index (χ1) is 13.6. The summed E-state index contributed by atoms with van der Waals surface area (Å²) in [6, 6.07) is 7.53. The molecular weight excluding hydrogens is 364 g/mol. The van der Waals surface area contributed by atoms with Gasteiger partial charge >= 0.3 is 0 Å². The Morgan fingerprint density at radius 3 is 2.82 bits per heavy atom. The summed E-state index contributed by atoms with van der Waals surface area (Å²) in [5, 5.41) is 24.6. The van der Waals surface area contributed by atoms with E-state index in [0.29, 0.717) is 11.6 Å². The average molecular weight is 382 g/mol. The van der Waals surface area contributed by atoms with E-state index in [4.69, 9.17) is 0 Å². The van der Waals surface area contributed by atoms with Crippen LogP contribution in [0.15, 0.2) is 36.5 Å². The number of nitro groups is 1. The summed E-state index contributed by atoms with van der Waals surface area (Å²) < 4.78 is 1.40. The third-order valence-electron chi connectivity index (χ3n) is 4.47. The van der Waals surface area contributed by atoms with Crippen molar-refractivity contribution in [2.45, 2.75) is 19.3 Å². The largest absolute Gasteiger partial charge is 0.340 e. The number of nitrogens with zero attached hydrogens (tertiary/aromatic N) is 6. The van der Waals surface area contributed by atoms with Gasteiger partial charge in [0.15, 0.2) is 5.69 Å². The van der Waals surface area contributed by atoms with Crippen LogP contribution in [0.2, 0.25) is 0 Å². The van der Waals surface area contributed by atoms with Gasteiger partial charge < -0.3 is 4.90 Å². The second-order valence-corrected chi connectivity index (χ2v) is 6.41. The van der Waals surface area contributed by atoms with Crippen molar-refractivity contribution in [1.29, 1.82) is 0 Å². The van der Waals surface area contributed by atoms with Crippen molar-refractivity contribution < 1.29 is 9.72 Å². The Labute approximate surface area is 159 Å². The van der Waals surface area contributed by atoms with Crippen LogP contribution in [0, 0.1) is 10.1 Å². The minimum atomic E-state index is -0.482. The Morgan fingerprint density at radius 2 is 2.04 bits per heavy atom. The van der Waals surface area contributed by atoms with E-state index in [1.54, 1.807) is 18.3 Å². The van der Waals surface area contributed by atoms with Gasteiger partial charge in [-0.1, -0.05) is 6.07 Å². The predicted molar refractivity (Wildman–Crippen MR) is 101 cm³/mol. The Morgan fingerprint density at radius 1 is 1.21 bits per heavy atom. The van der Waals surface area contributed by atoms with Gasteiger partial charge in [-0.25, -0.2) is 9.78 Å². The molecule has 1 aliphatic rings. The van der Waals surface area contributed by atoms with Crippen LogP contribution in [0.3, 0.4) is 0 Å². The highest BCUT2D eigenvalue weighted by Gasteiger charge is 2.18. The van der Waals surface area contributed by atoms with Gasteiger partial charge in [-0.05, 0) is 31.4 Å². The number of hydrogen-bond donors (Lipinski definition) is 2. The number of non-ortho nitro benzene ring substituents is 1. The zero-order chi connectivity index (χ0) is 19.5. The molecule has 3 heterocycles. The Balaban J connectivity index is 1.45. The monoisotopic (exact) mass is 382 g/mol. The Bertz CT molecular complexity index is 1010. The van der Waals surface area contributed by atoms with E-state index in [1.807, 2.05) is 0 Å². The number of H-pyrrole nitrogens is 1. The molecule has 28 heavy (non-hydrogen) atoms. The first kappa shape index (κ1) is 17.6. The van der Waals surface area contributed by atoms with E-state index in [2.05, 4.69) is 30.5 Å². The molecule has 0 saturated carbocycles. The fraction of sp³-hybridized carbons (Fsp3) is 0.294. The summed E-state index contributed by atoms with van der Waals surface area (Å²) in [5.41, 5.74) is 0.591. The minimum Gasteiger partial charge on any atom is -0.340 e. The standard InChI is InChI=1S/C17H18N8O3/c26-15(18-16-19-17(21-20-16)23-8-2-1-3-9-23)14-7-10-24(22-14)12-5-4-6-13(11-12)25(27)28/h4-7,10-11H,1-3,8-9H2,(H2,18,19,20,21,26). The minimum absolute atomic E-state index is 0.0501. The molecule has 144 valence electrons. The fourth-order valence-corrected chi connectivity index (χ4v) is 3.05. The summed E-state index contributed by atoms with van der Waals surface area (Å²) in [7, 11) is 0. The summed E-state index contributed by atoms with van der Waals surface area (Å²) in [5.74, 6) is 0.359. The van der Waals surface area contributed by atoms with Gasteiger partial charge in [0.1, 0.15) is 0 Å². The van der Waals surface area contributed by atoms with Crippen LogP contribution in [-0.2, 0) is 0 Å². The number of carbonyl (C=O) groups excluding carboxylic acids is 1. The lowest BCUT2D eigenvalue weighted by atomic mass is 10.1. The number of anilines is 2. The maximum atomic E-state index is 12.4. The Hall–Kier alpha value is -3.76. The second kappa shape index (κ2) is 7.47. The van der Waals surface area contributed by atoms with Crippen LogP contribution in [0.1, 0.15) is 29.8 Å². The average Bonchev–Trinajstić information content (AvgIpc) is 3.39. The molecule has 0 spiro atoms. The number of aromatic nitrogens is 5. The van der Waals surface area contributed by atoms with Crippen molar-refractivity contribution in [3.05, 3.63) is 52.3 Å². The van der Waals surface area contributed by atoms with E-state index >= 15 is 0 Å². The van der Waals surface area contributed by atoms with Crippen LogP contribution >= 0.6 is 0 Å². The molecule has 0 aliphatic carbocycles. The zero-order valence-corrected chi connectivity index (χ0v) is 14.9. The molecule has 0 bridgehead atoms. The number of nitrogens with one attached hydrogen (secondary N) is 2. The van der Waals surface area contributed by atoms with Crippen molar-refractivity contribution in [2.24, 2.45) is 0 Å². The topological polar surface area (TPSA) is 135 Å². The number of rotatable bonds is 5. The second-order valence-electron chi connectivity index (χ2n) is 6.41. The molecule has 0 unspecified atom stereocenters. The van der Waals surface area contributed by atoms with Gasteiger partial charge in [0, 0.05) is 31.4 Å². The number of carbonyl (C=O) groups is 1. The van der Waals surface area contributed by atoms with Gasteiger partial charge in [-0.15, -0.1) is 5.10 Å². The molecule has 11 nitrogen and oxygen atoms in total. The number of aromatic amines is 1. The quantitative estimate of drug-likeness (QED) is 0.510. The van der Waals surface area contributed by atoms with Gasteiger partial charge in [0.25, 0.3) is 11.6 Å². The van der Waals surface area contributed by atoms with Crippen molar-refractivity contribution in [2.75, 3.05) is 23.3 Å². The number of nitro benzene ring substituents is 1. The smallest absolute Gasteiger partial charge is 0.278 e. The van der Waals surface area contributed by atoms with E-state index in [0.717, 1.165) is 25.9 Å². The molecule has 0 radical (unpaired) electrons. The van der Waals surface area contributed by atoms with Gasteiger partial charge in [-0.2, -0.15) is 10.1 Å². The summed E-state index contributed by atoms with van der Waals surface area (Å²) in [6.07, 6.45) is 4.97. The third kappa shape index (κ3) is 3.68. The first-order valence-electron chi connectivity index (χ1n) is 8.89. The molecule has 1 aromatic carbocycles.